The monoisotopic (exact) mass is 382 g/mol. The number of aliphatic hydroxyl groups is 1. The number of thioether (sulfide) groups is 1. The fraction of sp³-hybridized carbons (Fsp3) is 0.529. The standard InChI is InChI=1S/C17H20F2N4O2S/c1-17(2)14(24)13(23-7-6-22(3)16(23)21-9-20)11-8-10(26-15(18)19)4-5-12(11)25-17/h4-5,8,13-15,24H,6-7H2,1-3H3. The molecule has 0 bridgehead atoms. The van der Waals surface area contributed by atoms with E-state index in [0.29, 0.717) is 47.0 Å². The van der Waals surface area contributed by atoms with Gasteiger partial charge < -0.3 is 19.6 Å². The van der Waals surface area contributed by atoms with Crippen molar-refractivity contribution in [2.45, 2.75) is 42.2 Å². The first-order valence-corrected chi connectivity index (χ1v) is 9.03. The van der Waals surface area contributed by atoms with Gasteiger partial charge in [0.25, 0.3) is 5.76 Å². The molecule has 0 aliphatic carbocycles. The van der Waals surface area contributed by atoms with Crippen molar-refractivity contribution in [3.63, 3.8) is 0 Å². The lowest BCUT2D eigenvalue weighted by Gasteiger charge is -2.45. The summed E-state index contributed by atoms with van der Waals surface area (Å²) in [5.74, 6) is -1.55. The Morgan fingerprint density at radius 1 is 1.42 bits per heavy atom. The van der Waals surface area contributed by atoms with Crippen LogP contribution in [0.1, 0.15) is 25.5 Å². The van der Waals surface area contributed by atoms with Crippen molar-refractivity contribution >= 4 is 17.7 Å². The van der Waals surface area contributed by atoms with Gasteiger partial charge >= 0.3 is 0 Å². The van der Waals surface area contributed by atoms with Crippen LogP contribution in [0, 0.1) is 11.5 Å². The predicted octanol–water partition coefficient (Wildman–Crippen LogP) is 2.66. The van der Waals surface area contributed by atoms with Crippen molar-refractivity contribution in [2.24, 2.45) is 4.99 Å². The molecular formula is C17H20F2N4O2S. The van der Waals surface area contributed by atoms with Crippen molar-refractivity contribution in [1.29, 1.82) is 5.26 Å². The summed E-state index contributed by atoms with van der Waals surface area (Å²) in [6.07, 6.45) is 0.861. The Labute approximate surface area is 155 Å². The number of nitrogens with zero attached hydrogens (tertiary/aromatic N) is 4. The number of aliphatic hydroxyl groups excluding tert-OH is 1. The Morgan fingerprint density at radius 3 is 2.81 bits per heavy atom. The molecule has 2 unspecified atom stereocenters. The smallest absolute Gasteiger partial charge is 0.288 e. The highest BCUT2D eigenvalue weighted by Gasteiger charge is 2.48. The Kier molecular flexibility index (Phi) is 4.99. The summed E-state index contributed by atoms with van der Waals surface area (Å²) in [5.41, 5.74) is -0.267. The molecule has 0 amide bonds. The summed E-state index contributed by atoms with van der Waals surface area (Å²) < 4.78 is 31.5. The van der Waals surface area contributed by atoms with Gasteiger partial charge in [-0.05, 0) is 32.0 Å². The van der Waals surface area contributed by atoms with Crippen LogP contribution in [0.5, 0.6) is 5.75 Å². The SMILES string of the molecule is CN1CCN(C2c3cc(SC(F)F)ccc3OC(C)(C)C2O)C1=NC#N. The van der Waals surface area contributed by atoms with Gasteiger partial charge in [0.05, 0.1) is 6.04 Å². The molecule has 26 heavy (non-hydrogen) atoms. The minimum atomic E-state index is -2.54. The van der Waals surface area contributed by atoms with Crippen LogP contribution in [0.25, 0.3) is 0 Å². The predicted molar refractivity (Wildman–Crippen MR) is 94.1 cm³/mol. The highest BCUT2D eigenvalue weighted by Crippen LogP contribution is 2.45. The molecule has 0 radical (unpaired) electrons. The molecule has 1 aromatic rings. The molecule has 2 heterocycles. The van der Waals surface area contributed by atoms with E-state index < -0.39 is 23.5 Å². The number of hydrogen-bond donors (Lipinski definition) is 1. The minimum Gasteiger partial charge on any atom is -0.485 e. The molecule has 3 rings (SSSR count). The van der Waals surface area contributed by atoms with Gasteiger partial charge in [0.1, 0.15) is 17.5 Å². The van der Waals surface area contributed by atoms with Crippen LogP contribution in [0.4, 0.5) is 8.78 Å². The summed E-state index contributed by atoms with van der Waals surface area (Å²) in [6, 6.07) is 4.31. The van der Waals surface area contributed by atoms with E-state index in [-0.39, 0.29) is 0 Å². The van der Waals surface area contributed by atoms with Crippen molar-refractivity contribution < 1.29 is 18.6 Å². The van der Waals surface area contributed by atoms with E-state index in [1.165, 1.54) is 0 Å². The molecule has 2 aliphatic heterocycles. The molecule has 1 saturated heterocycles. The fourth-order valence-electron chi connectivity index (χ4n) is 3.39. The van der Waals surface area contributed by atoms with E-state index in [9.17, 15) is 13.9 Å². The average molecular weight is 382 g/mol. The van der Waals surface area contributed by atoms with E-state index in [4.69, 9.17) is 10.00 Å². The molecule has 1 N–H and O–H groups in total. The largest absolute Gasteiger partial charge is 0.485 e. The van der Waals surface area contributed by atoms with Gasteiger partial charge in [-0.2, -0.15) is 14.0 Å². The molecule has 9 heteroatoms. The van der Waals surface area contributed by atoms with Crippen LogP contribution in [0.15, 0.2) is 28.1 Å². The third-order valence-corrected chi connectivity index (χ3v) is 5.37. The Bertz CT molecular complexity index is 766. The molecule has 2 atom stereocenters. The lowest BCUT2D eigenvalue weighted by Crippen LogP contribution is -2.54. The fourth-order valence-corrected chi connectivity index (χ4v) is 3.94. The first kappa shape index (κ1) is 18.7. The maximum absolute atomic E-state index is 12.8. The van der Waals surface area contributed by atoms with Crippen LogP contribution in [0.3, 0.4) is 0 Å². The van der Waals surface area contributed by atoms with Gasteiger partial charge in [-0.25, -0.2) is 0 Å². The van der Waals surface area contributed by atoms with Crippen molar-refractivity contribution in [3.8, 4) is 11.9 Å². The van der Waals surface area contributed by atoms with Crippen molar-refractivity contribution in [2.75, 3.05) is 20.1 Å². The third-order valence-electron chi connectivity index (χ3n) is 4.67. The maximum atomic E-state index is 12.8. The number of ether oxygens (including phenoxy) is 1. The van der Waals surface area contributed by atoms with E-state index >= 15 is 0 Å². The van der Waals surface area contributed by atoms with Crippen LogP contribution in [-0.2, 0) is 0 Å². The zero-order chi connectivity index (χ0) is 19.1. The molecule has 1 fully saturated rings. The second-order valence-corrected chi connectivity index (χ2v) is 7.86. The number of halogens is 2. The van der Waals surface area contributed by atoms with E-state index in [0.717, 1.165) is 0 Å². The number of benzene rings is 1. The number of nitriles is 1. The zero-order valence-corrected chi connectivity index (χ0v) is 15.5. The topological polar surface area (TPSA) is 72.1 Å². The number of likely N-dealkylation sites (N-methyl/N-ethyl adjacent to an activating group) is 1. The number of aliphatic imine (C=N–C) groups is 1. The maximum Gasteiger partial charge on any atom is 0.288 e. The average Bonchev–Trinajstić information content (AvgIpc) is 2.90. The summed E-state index contributed by atoms with van der Waals surface area (Å²) in [6.45, 7) is 4.75. The van der Waals surface area contributed by atoms with Gasteiger partial charge in [-0.3, -0.25) is 0 Å². The molecule has 0 saturated carbocycles. The van der Waals surface area contributed by atoms with E-state index in [1.807, 2.05) is 16.8 Å². The Balaban J connectivity index is 2.09. The highest BCUT2D eigenvalue weighted by molar-refractivity contribution is 7.99. The van der Waals surface area contributed by atoms with E-state index in [1.54, 1.807) is 38.2 Å². The normalized spacial score (nSPS) is 26.0. The molecule has 2 aliphatic rings. The van der Waals surface area contributed by atoms with Gasteiger partial charge in [-0.15, -0.1) is 4.99 Å². The van der Waals surface area contributed by atoms with E-state index in [2.05, 4.69) is 4.99 Å². The van der Waals surface area contributed by atoms with Crippen LogP contribution >= 0.6 is 11.8 Å². The Morgan fingerprint density at radius 2 is 2.15 bits per heavy atom. The molecular weight excluding hydrogens is 362 g/mol. The second kappa shape index (κ2) is 6.93. The third kappa shape index (κ3) is 3.31. The van der Waals surface area contributed by atoms with Gasteiger partial charge in [0, 0.05) is 30.6 Å². The van der Waals surface area contributed by atoms with Gasteiger partial charge in [0.15, 0.2) is 0 Å². The van der Waals surface area contributed by atoms with Crippen LogP contribution < -0.4 is 4.74 Å². The zero-order valence-electron chi connectivity index (χ0n) is 14.7. The molecule has 0 aromatic heterocycles. The van der Waals surface area contributed by atoms with Crippen LogP contribution in [0.2, 0.25) is 0 Å². The molecule has 1 aromatic carbocycles. The van der Waals surface area contributed by atoms with Crippen molar-refractivity contribution in [1.82, 2.24) is 9.80 Å². The first-order valence-electron chi connectivity index (χ1n) is 8.15. The first-order chi connectivity index (χ1) is 12.2. The Hall–Kier alpha value is -2.05. The number of guanidine groups is 1. The summed E-state index contributed by atoms with van der Waals surface area (Å²) in [5, 5.41) is 20.0. The van der Waals surface area contributed by atoms with Crippen molar-refractivity contribution in [3.05, 3.63) is 23.8 Å². The second-order valence-electron chi connectivity index (χ2n) is 6.80. The minimum absolute atomic E-state index is 0.394. The van der Waals surface area contributed by atoms with Gasteiger partial charge in [-0.1, -0.05) is 11.8 Å². The molecule has 0 spiro atoms. The lowest BCUT2D eigenvalue weighted by atomic mass is 9.85. The van der Waals surface area contributed by atoms with Crippen LogP contribution in [-0.4, -0.2) is 58.5 Å². The summed E-state index contributed by atoms with van der Waals surface area (Å²) in [7, 11) is 1.82. The number of hydrogen-bond acceptors (Lipinski definition) is 5. The molecule has 140 valence electrons. The number of alkyl halides is 2. The number of fused-ring (bicyclic) bond motifs is 1. The van der Waals surface area contributed by atoms with Gasteiger partial charge in [0.2, 0.25) is 12.2 Å². The lowest BCUT2D eigenvalue weighted by molar-refractivity contribution is -0.0802. The highest BCUT2D eigenvalue weighted by atomic mass is 32.2. The number of rotatable bonds is 3. The summed E-state index contributed by atoms with van der Waals surface area (Å²) in [4.78, 5) is 7.95. The summed E-state index contributed by atoms with van der Waals surface area (Å²) >= 11 is 0.447. The molecule has 6 nitrogen and oxygen atoms in total. The quantitative estimate of drug-likeness (QED) is 0.640.